The molecule has 2 aromatic carbocycles. The summed E-state index contributed by atoms with van der Waals surface area (Å²) in [7, 11) is 0. The van der Waals surface area contributed by atoms with E-state index >= 15 is 0 Å². The van der Waals surface area contributed by atoms with Crippen LogP contribution in [0.5, 0.6) is 0 Å². The van der Waals surface area contributed by atoms with Crippen molar-refractivity contribution in [3.05, 3.63) is 110 Å². The van der Waals surface area contributed by atoms with Crippen molar-refractivity contribution in [3.63, 3.8) is 0 Å². The summed E-state index contributed by atoms with van der Waals surface area (Å²) < 4.78 is 4.19. The second kappa shape index (κ2) is 11.4. The van der Waals surface area contributed by atoms with Gasteiger partial charge in [-0.3, -0.25) is 19.1 Å². The van der Waals surface area contributed by atoms with Crippen molar-refractivity contribution < 1.29 is 0 Å². The Bertz CT molecular complexity index is 1480. The molecule has 186 valence electrons. The minimum Gasteiger partial charge on any atom is -0.270 e. The second-order valence-electron chi connectivity index (χ2n) is 8.12. The summed E-state index contributed by atoms with van der Waals surface area (Å²) in [5, 5.41) is 19.8. The third-order valence-corrected chi connectivity index (χ3v) is 7.84. The van der Waals surface area contributed by atoms with E-state index in [1.807, 2.05) is 60.7 Å². The average molecular weight is 535 g/mol. The van der Waals surface area contributed by atoms with Crippen molar-refractivity contribution in [2.75, 3.05) is 11.5 Å². The maximum atomic E-state index is 4.53. The summed E-state index contributed by atoms with van der Waals surface area (Å²) in [6, 6.07) is 28.2. The van der Waals surface area contributed by atoms with Gasteiger partial charge in [-0.1, -0.05) is 59.9 Å². The molecule has 0 amide bonds. The van der Waals surface area contributed by atoms with Crippen LogP contribution in [0.4, 0.5) is 0 Å². The zero-order chi connectivity index (χ0) is 25.6. The molecule has 0 N–H and O–H groups in total. The highest BCUT2D eigenvalue weighted by molar-refractivity contribution is 8.02. The Hall–Kier alpha value is -4.28. The summed E-state index contributed by atoms with van der Waals surface area (Å²) in [6.45, 7) is 0. The van der Waals surface area contributed by atoms with Crippen LogP contribution in [0.2, 0.25) is 0 Å². The molecule has 0 atom stereocenters. The molecular weight excluding hydrogens is 512 g/mol. The molecule has 0 saturated carbocycles. The molecular formula is C28H22N8S2. The quantitative estimate of drug-likeness (QED) is 0.168. The largest absolute Gasteiger partial charge is 0.270 e. The zero-order valence-corrected chi connectivity index (χ0v) is 21.8. The number of aromatic nitrogens is 8. The molecule has 8 nitrogen and oxygen atoms in total. The van der Waals surface area contributed by atoms with Gasteiger partial charge in [-0.15, -0.1) is 20.4 Å². The third-order valence-electron chi connectivity index (χ3n) is 5.72. The molecule has 0 radical (unpaired) electrons. The number of rotatable bonds is 9. The fourth-order valence-corrected chi connectivity index (χ4v) is 5.86. The lowest BCUT2D eigenvalue weighted by molar-refractivity contribution is 0.884. The van der Waals surface area contributed by atoms with Crippen LogP contribution in [0, 0.1) is 0 Å². The second-order valence-corrected chi connectivity index (χ2v) is 10.2. The lowest BCUT2D eigenvalue weighted by atomic mass is 10.2. The van der Waals surface area contributed by atoms with Gasteiger partial charge in [0.15, 0.2) is 22.0 Å². The first-order valence-corrected chi connectivity index (χ1v) is 13.9. The summed E-state index contributed by atoms with van der Waals surface area (Å²) >= 11 is 3.34. The Balaban J connectivity index is 1.23. The maximum Gasteiger partial charge on any atom is 0.196 e. The van der Waals surface area contributed by atoms with Gasteiger partial charge in [-0.05, 0) is 48.5 Å². The first-order chi connectivity index (χ1) is 18.9. The molecule has 0 saturated heterocycles. The number of thioether (sulfide) groups is 2. The molecule has 4 aromatic heterocycles. The molecule has 0 fully saturated rings. The molecule has 6 aromatic rings. The van der Waals surface area contributed by atoms with Crippen molar-refractivity contribution in [3.8, 4) is 34.2 Å². The molecule has 0 unspecified atom stereocenters. The molecule has 6 rings (SSSR count). The van der Waals surface area contributed by atoms with Crippen LogP contribution in [0.1, 0.15) is 0 Å². The minimum atomic E-state index is 0.791. The standard InChI is InChI=1S/C28H22N8S2/c1-3-7-23(8-4-1)35-25(21-11-15-29-16-12-21)31-33-27(35)37-19-20-38-28-34-32-26(22-13-17-30-18-14-22)36(28)24-9-5-2-6-10-24/h1-18H,19-20H2. The number of nitrogens with zero attached hydrogens (tertiary/aromatic N) is 8. The monoisotopic (exact) mass is 534 g/mol. The highest BCUT2D eigenvalue weighted by Gasteiger charge is 2.18. The van der Waals surface area contributed by atoms with Crippen molar-refractivity contribution in [1.29, 1.82) is 0 Å². The molecule has 38 heavy (non-hydrogen) atoms. The highest BCUT2D eigenvalue weighted by atomic mass is 32.2. The lowest BCUT2D eigenvalue weighted by Gasteiger charge is -2.11. The van der Waals surface area contributed by atoms with Gasteiger partial charge >= 0.3 is 0 Å². The number of pyridine rings is 2. The van der Waals surface area contributed by atoms with E-state index in [4.69, 9.17) is 0 Å². The van der Waals surface area contributed by atoms with Gasteiger partial charge in [0.2, 0.25) is 0 Å². The van der Waals surface area contributed by atoms with E-state index in [1.54, 1.807) is 48.3 Å². The Morgan fingerprint density at radius 1 is 0.474 bits per heavy atom. The van der Waals surface area contributed by atoms with Crippen LogP contribution in [0.15, 0.2) is 120 Å². The van der Waals surface area contributed by atoms with Gasteiger partial charge in [0.25, 0.3) is 0 Å². The normalized spacial score (nSPS) is 11.1. The van der Waals surface area contributed by atoms with Crippen molar-refractivity contribution in [2.45, 2.75) is 10.3 Å². The first-order valence-electron chi connectivity index (χ1n) is 12.0. The SMILES string of the molecule is c1ccc(-n2c(SCCSc3nnc(-c4ccncc4)n3-c3ccccc3)nnc2-c2ccncc2)cc1. The van der Waals surface area contributed by atoms with Crippen LogP contribution in [0.3, 0.4) is 0 Å². The molecule has 0 aliphatic heterocycles. The fraction of sp³-hybridized carbons (Fsp3) is 0.0714. The van der Waals surface area contributed by atoms with E-state index in [2.05, 4.69) is 63.8 Å². The summed E-state index contributed by atoms with van der Waals surface area (Å²) in [4.78, 5) is 8.28. The molecule has 0 aliphatic carbocycles. The lowest BCUT2D eigenvalue weighted by Crippen LogP contribution is -2.01. The Morgan fingerprint density at radius 3 is 1.26 bits per heavy atom. The van der Waals surface area contributed by atoms with E-state index in [1.165, 1.54) is 0 Å². The van der Waals surface area contributed by atoms with E-state index < -0.39 is 0 Å². The number of hydrogen-bond acceptors (Lipinski definition) is 8. The highest BCUT2D eigenvalue weighted by Crippen LogP contribution is 2.31. The first kappa shape index (κ1) is 24.1. The van der Waals surface area contributed by atoms with E-state index in [9.17, 15) is 0 Å². The average Bonchev–Trinajstić information content (AvgIpc) is 3.62. The summed E-state index contributed by atoms with van der Waals surface area (Å²) in [6.07, 6.45) is 7.08. The molecule has 4 heterocycles. The molecule has 0 aliphatic rings. The Labute approximate surface area is 228 Å². The van der Waals surface area contributed by atoms with Crippen molar-refractivity contribution in [1.82, 2.24) is 39.5 Å². The molecule has 0 spiro atoms. The Kier molecular flexibility index (Phi) is 7.23. The third kappa shape index (κ3) is 5.09. The predicted molar refractivity (Wildman–Crippen MR) is 151 cm³/mol. The number of para-hydroxylation sites is 2. The van der Waals surface area contributed by atoms with Crippen LogP contribution >= 0.6 is 23.5 Å². The van der Waals surface area contributed by atoms with E-state index in [0.29, 0.717) is 0 Å². The predicted octanol–water partition coefficient (Wildman–Crippen LogP) is 5.86. The topological polar surface area (TPSA) is 87.2 Å². The molecule has 0 bridgehead atoms. The van der Waals surface area contributed by atoms with Gasteiger partial charge in [0, 0.05) is 58.8 Å². The van der Waals surface area contributed by atoms with Crippen molar-refractivity contribution in [2.24, 2.45) is 0 Å². The number of benzene rings is 2. The maximum absolute atomic E-state index is 4.53. The summed E-state index contributed by atoms with van der Waals surface area (Å²) in [5.41, 5.74) is 3.98. The van der Waals surface area contributed by atoms with Gasteiger partial charge in [-0.25, -0.2) is 0 Å². The van der Waals surface area contributed by atoms with Crippen LogP contribution in [0.25, 0.3) is 34.2 Å². The van der Waals surface area contributed by atoms with E-state index in [-0.39, 0.29) is 0 Å². The smallest absolute Gasteiger partial charge is 0.196 e. The van der Waals surface area contributed by atoms with Crippen LogP contribution < -0.4 is 0 Å². The van der Waals surface area contributed by atoms with Gasteiger partial charge in [0.1, 0.15) is 0 Å². The van der Waals surface area contributed by atoms with Gasteiger partial charge in [-0.2, -0.15) is 0 Å². The van der Waals surface area contributed by atoms with Gasteiger partial charge < -0.3 is 0 Å². The van der Waals surface area contributed by atoms with Crippen LogP contribution in [-0.4, -0.2) is 51.0 Å². The zero-order valence-electron chi connectivity index (χ0n) is 20.2. The number of hydrogen-bond donors (Lipinski definition) is 0. The summed E-state index contributed by atoms with van der Waals surface area (Å²) in [5.74, 6) is 3.22. The fourth-order valence-electron chi connectivity index (χ4n) is 3.99. The molecule has 10 heteroatoms. The van der Waals surface area contributed by atoms with E-state index in [0.717, 1.165) is 56.0 Å². The minimum absolute atomic E-state index is 0.791. The van der Waals surface area contributed by atoms with Crippen molar-refractivity contribution >= 4 is 23.5 Å². The Morgan fingerprint density at radius 2 is 0.868 bits per heavy atom. The van der Waals surface area contributed by atoms with Gasteiger partial charge in [0.05, 0.1) is 0 Å². The van der Waals surface area contributed by atoms with Crippen LogP contribution in [-0.2, 0) is 0 Å².